The summed E-state index contributed by atoms with van der Waals surface area (Å²) in [5.74, 6) is -1.61. The number of amides is 1. The SMILES string of the molecule is CC(=O)CN(C[C@@H](O)[C@H](Cc1ccccc1)NC(=O)c1cccc(C)c1)S(=O)(=O)c1cc(F)ccc1C. The molecule has 0 aliphatic heterocycles. The van der Waals surface area contributed by atoms with Gasteiger partial charge in [-0.2, -0.15) is 4.31 Å². The summed E-state index contributed by atoms with van der Waals surface area (Å²) in [6, 6.07) is 18.6. The van der Waals surface area contributed by atoms with Crippen molar-refractivity contribution in [3.63, 3.8) is 0 Å². The van der Waals surface area contributed by atoms with E-state index in [1.54, 1.807) is 18.2 Å². The van der Waals surface area contributed by atoms with Gasteiger partial charge in [0.1, 0.15) is 11.6 Å². The number of aliphatic hydroxyl groups excluding tert-OH is 1. The van der Waals surface area contributed by atoms with Crippen LogP contribution in [-0.2, 0) is 21.2 Å². The van der Waals surface area contributed by atoms with E-state index in [2.05, 4.69) is 5.32 Å². The maximum Gasteiger partial charge on any atom is 0.251 e. The highest BCUT2D eigenvalue weighted by Crippen LogP contribution is 2.22. The van der Waals surface area contributed by atoms with Crippen molar-refractivity contribution in [1.82, 2.24) is 9.62 Å². The zero-order valence-electron chi connectivity index (χ0n) is 21.0. The Labute approximate surface area is 217 Å². The number of sulfonamides is 1. The van der Waals surface area contributed by atoms with Crippen LogP contribution in [0.25, 0.3) is 0 Å². The second-order valence-electron chi connectivity index (χ2n) is 9.12. The van der Waals surface area contributed by atoms with Crippen LogP contribution in [0.4, 0.5) is 4.39 Å². The van der Waals surface area contributed by atoms with E-state index >= 15 is 0 Å². The minimum atomic E-state index is -4.34. The van der Waals surface area contributed by atoms with Crippen molar-refractivity contribution in [2.45, 2.75) is 44.2 Å². The van der Waals surface area contributed by atoms with Gasteiger partial charge in [-0.3, -0.25) is 9.59 Å². The Kier molecular flexibility index (Phi) is 9.31. The number of halogens is 1. The highest BCUT2D eigenvalue weighted by atomic mass is 32.2. The summed E-state index contributed by atoms with van der Waals surface area (Å²) in [5, 5.41) is 14.1. The summed E-state index contributed by atoms with van der Waals surface area (Å²) in [6.45, 7) is 3.61. The quantitative estimate of drug-likeness (QED) is 0.399. The molecule has 37 heavy (non-hydrogen) atoms. The first-order valence-electron chi connectivity index (χ1n) is 11.8. The van der Waals surface area contributed by atoms with E-state index in [9.17, 15) is 27.5 Å². The molecule has 9 heteroatoms. The minimum Gasteiger partial charge on any atom is -0.390 e. The molecule has 2 N–H and O–H groups in total. The summed E-state index contributed by atoms with van der Waals surface area (Å²) in [7, 11) is -4.34. The van der Waals surface area contributed by atoms with Gasteiger partial charge in [0.05, 0.1) is 23.6 Å². The van der Waals surface area contributed by atoms with Crippen LogP contribution in [0.3, 0.4) is 0 Å². The van der Waals surface area contributed by atoms with Crippen LogP contribution in [0, 0.1) is 19.7 Å². The molecular formula is C28H31FN2O5S. The number of hydrogen-bond donors (Lipinski definition) is 2. The Morgan fingerprint density at radius 2 is 1.70 bits per heavy atom. The Balaban J connectivity index is 1.93. The van der Waals surface area contributed by atoms with E-state index in [-0.39, 0.29) is 11.3 Å². The molecule has 0 heterocycles. The summed E-state index contributed by atoms with van der Waals surface area (Å²) in [6.07, 6.45) is -1.16. The smallest absolute Gasteiger partial charge is 0.251 e. The van der Waals surface area contributed by atoms with Crippen molar-refractivity contribution in [3.8, 4) is 0 Å². The lowest BCUT2D eigenvalue weighted by Crippen LogP contribution is -2.51. The van der Waals surface area contributed by atoms with Crippen molar-refractivity contribution in [2.24, 2.45) is 0 Å². The van der Waals surface area contributed by atoms with Gasteiger partial charge < -0.3 is 10.4 Å². The molecule has 0 bridgehead atoms. The standard InChI is InChI=1S/C28H31FN2O5S/c1-19-8-7-11-23(14-19)28(34)30-25(15-22-9-5-4-6-10-22)26(33)18-31(17-21(3)32)37(35,36)27-16-24(29)13-12-20(27)2/h4-14,16,25-26,33H,15,17-18H2,1-3H3,(H,30,34)/t25-,26+/m0/s1. The highest BCUT2D eigenvalue weighted by molar-refractivity contribution is 7.89. The van der Waals surface area contributed by atoms with E-state index in [0.717, 1.165) is 27.6 Å². The highest BCUT2D eigenvalue weighted by Gasteiger charge is 2.32. The molecule has 3 rings (SSSR count). The van der Waals surface area contributed by atoms with Crippen LogP contribution in [0.5, 0.6) is 0 Å². The summed E-state index contributed by atoms with van der Waals surface area (Å²) < 4.78 is 41.6. The van der Waals surface area contributed by atoms with Gasteiger partial charge in [0.2, 0.25) is 10.0 Å². The number of aliphatic hydroxyl groups is 1. The molecule has 196 valence electrons. The number of Topliss-reactive ketones (excluding diaryl/α,β-unsaturated/α-hetero) is 1. The summed E-state index contributed by atoms with van der Waals surface area (Å²) in [5.41, 5.74) is 2.40. The Bertz CT molecular complexity index is 1360. The minimum absolute atomic E-state index is 0.215. The molecule has 3 aromatic rings. The second kappa shape index (κ2) is 12.2. The van der Waals surface area contributed by atoms with Gasteiger partial charge in [-0.15, -0.1) is 0 Å². The Hall–Kier alpha value is -3.40. The van der Waals surface area contributed by atoms with Gasteiger partial charge in [0.15, 0.2) is 0 Å². The average Bonchev–Trinajstić information content (AvgIpc) is 2.85. The Morgan fingerprint density at radius 3 is 2.35 bits per heavy atom. The second-order valence-corrected chi connectivity index (χ2v) is 11.0. The normalized spacial score (nSPS) is 13.2. The molecule has 0 saturated heterocycles. The van der Waals surface area contributed by atoms with E-state index in [0.29, 0.717) is 11.1 Å². The molecule has 7 nitrogen and oxygen atoms in total. The van der Waals surface area contributed by atoms with Gasteiger partial charge in [-0.25, -0.2) is 12.8 Å². The number of benzene rings is 3. The van der Waals surface area contributed by atoms with Gasteiger partial charge in [0, 0.05) is 12.1 Å². The first-order chi connectivity index (χ1) is 17.5. The van der Waals surface area contributed by atoms with Crippen molar-refractivity contribution in [1.29, 1.82) is 0 Å². The van der Waals surface area contributed by atoms with Gasteiger partial charge in [-0.05, 0) is 62.6 Å². The predicted molar refractivity (Wildman–Crippen MR) is 139 cm³/mol. The fraction of sp³-hybridized carbons (Fsp3) is 0.286. The first kappa shape index (κ1) is 28.2. The molecule has 1 amide bonds. The molecule has 0 spiro atoms. The third-order valence-corrected chi connectivity index (χ3v) is 7.87. The zero-order chi connectivity index (χ0) is 27.2. The lowest BCUT2D eigenvalue weighted by atomic mass is 10.00. The number of ketones is 1. The number of nitrogens with one attached hydrogen (secondary N) is 1. The largest absolute Gasteiger partial charge is 0.390 e. The zero-order valence-corrected chi connectivity index (χ0v) is 21.8. The van der Waals surface area contributed by atoms with Gasteiger partial charge in [0.25, 0.3) is 5.91 Å². The summed E-state index contributed by atoms with van der Waals surface area (Å²) >= 11 is 0. The third kappa shape index (κ3) is 7.55. The van der Waals surface area contributed by atoms with Crippen LogP contribution >= 0.6 is 0 Å². The molecule has 0 aliphatic rings. The van der Waals surface area contributed by atoms with Gasteiger partial charge >= 0.3 is 0 Å². The number of hydrogen-bond acceptors (Lipinski definition) is 5. The van der Waals surface area contributed by atoms with E-state index in [1.807, 2.05) is 43.3 Å². The van der Waals surface area contributed by atoms with Crippen LogP contribution in [0.15, 0.2) is 77.7 Å². The maximum atomic E-state index is 13.9. The van der Waals surface area contributed by atoms with Crippen molar-refractivity contribution in [3.05, 3.63) is 101 Å². The number of nitrogens with zero attached hydrogens (tertiary/aromatic N) is 1. The third-order valence-electron chi connectivity index (χ3n) is 5.92. The number of rotatable bonds is 11. The summed E-state index contributed by atoms with van der Waals surface area (Å²) in [4.78, 5) is 24.7. The fourth-order valence-electron chi connectivity index (χ4n) is 4.01. The molecule has 0 saturated carbocycles. The molecule has 2 atom stereocenters. The lowest BCUT2D eigenvalue weighted by Gasteiger charge is -2.30. The van der Waals surface area contributed by atoms with Crippen LogP contribution in [-0.4, -0.2) is 54.8 Å². The fourth-order valence-corrected chi connectivity index (χ4v) is 5.73. The topological polar surface area (TPSA) is 104 Å². The molecular weight excluding hydrogens is 495 g/mol. The average molecular weight is 527 g/mol. The van der Waals surface area contributed by atoms with Crippen LogP contribution in [0.2, 0.25) is 0 Å². The van der Waals surface area contributed by atoms with E-state index < -0.39 is 52.8 Å². The van der Waals surface area contributed by atoms with Gasteiger partial charge in [-0.1, -0.05) is 54.1 Å². The maximum absolute atomic E-state index is 13.9. The Morgan fingerprint density at radius 1 is 1.00 bits per heavy atom. The molecule has 0 radical (unpaired) electrons. The first-order valence-corrected chi connectivity index (χ1v) is 13.3. The number of carbonyl (C=O) groups is 2. The molecule has 0 aliphatic carbocycles. The van der Waals surface area contributed by atoms with E-state index in [1.165, 1.54) is 19.9 Å². The van der Waals surface area contributed by atoms with Crippen molar-refractivity contribution in [2.75, 3.05) is 13.1 Å². The van der Waals surface area contributed by atoms with Crippen molar-refractivity contribution >= 4 is 21.7 Å². The van der Waals surface area contributed by atoms with Crippen LogP contribution < -0.4 is 5.32 Å². The predicted octanol–water partition coefficient (Wildman–Crippen LogP) is 3.42. The van der Waals surface area contributed by atoms with Crippen LogP contribution in [0.1, 0.15) is 34.0 Å². The van der Waals surface area contributed by atoms with Crippen molar-refractivity contribution < 1.29 is 27.5 Å². The number of aryl methyl sites for hydroxylation is 2. The lowest BCUT2D eigenvalue weighted by molar-refractivity contribution is -0.117. The molecule has 0 fully saturated rings. The monoisotopic (exact) mass is 526 g/mol. The molecule has 3 aromatic carbocycles. The number of carbonyl (C=O) groups excluding carboxylic acids is 2. The van der Waals surface area contributed by atoms with E-state index in [4.69, 9.17) is 0 Å². The molecule has 0 aromatic heterocycles. The molecule has 0 unspecified atom stereocenters.